The molecule has 0 bridgehead atoms. The third-order valence-corrected chi connectivity index (χ3v) is 15.2. The predicted molar refractivity (Wildman–Crippen MR) is 288 cm³/mol. The molecule has 2 N–H and O–H groups in total. The Hall–Kier alpha value is -7.04. The molecule has 7 rings (SSSR count). The van der Waals surface area contributed by atoms with E-state index in [1.807, 2.05) is 85.0 Å². The highest BCUT2D eigenvalue weighted by molar-refractivity contribution is 7.86. The molecule has 0 aromatic heterocycles. The van der Waals surface area contributed by atoms with Gasteiger partial charge in [0.25, 0.3) is 20.2 Å². The van der Waals surface area contributed by atoms with Crippen molar-refractivity contribution in [2.24, 2.45) is 0 Å². The Morgan fingerprint density at radius 2 is 1.12 bits per heavy atom. The lowest BCUT2D eigenvalue weighted by atomic mass is 9.81. The molecule has 0 amide bonds. The minimum Gasteiger partial charge on any atom is -0.488 e. The first-order valence-electron chi connectivity index (χ1n) is 25.3. The van der Waals surface area contributed by atoms with Crippen molar-refractivity contribution in [3.05, 3.63) is 131 Å². The van der Waals surface area contributed by atoms with Crippen molar-refractivity contribution in [2.75, 3.05) is 31.2 Å². The van der Waals surface area contributed by atoms with Crippen LogP contribution in [0.1, 0.15) is 96.0 Å². The molecule has 4 aromatic carbocycles. The van der Waals surface area contributed by atoms with Gasteiger partial charge in [0, 0.05) is 81.5 Å². The number of esters is 4. The van der Waals surface area contributed by atoms with E-state index in [2.05, 4.69) is 42.9 Å². The summed E-state index contributed by atoms with van der Waals surface area (Å²) < 4.78 is 111. The van der Waals surface area contributed by atoms with E-state index >= 15 is 0 Å². The normalized spacial score (nSPS) is 20.6. The third-order valence-electron chi connectivity index (χ3n) is 13.6. The summed E-state index contributed by atoms with van der Waals surface area (Å²) in [4.78, 5) is 48.8. The molecule has 0 spiro atoms. The van der Waals surface area contributed by atoms with E-state index < -0.39 is 98.0 Å². The average molecular weight is 1120 g/mol. The summed E-state index contributed by atoms with van der Waals surface area (Å²) in [6.45, 7) is 13.3. The Labute approximate surface area is 454 Å². The van der Waals surface area contributed by atoms with Gasteiger partial charge in [0.15, 0.2) is 23.6 Å². The highest BCUT2D eigenvalue weighted by Gasteiger charge is 2.53. The minimum absolute atomic E-state index is 0.0769. The quantitative estimate of drug-likeness (QED) is 0.0335. The van der Waals surface area contributed by atoms with Crippen LogP contribution in [0.25, 0.3) is 12.2 Å². The van der Waals surface area contributed by atoms with Gasteiger partial charge in [0.2, 0.25) is 23.8 Å². The molecule has 3 aliphatic heterocycles. The summed E-state index contributed by atoms with van der Waals surface area (Å²) in [7, 11) is -8.38. The standard InChI is InChI=1S/C57H64N2O17S2/c1-36(60)70-35-49-52(72-37(2)61)53(73-38(3)62)54(74-39(4)63)55(76-49)75-43-24-19-41(20-25-43)34-71-48-26-21-40(22-27-50-56(5,6)44-15-9-11-17-46(44)58(50)29-13-31-77(64,65)66)33-42(48)23-28-51-57(7,8)45-16-10-12-18-47(45)59(51)30-14-32-78(67,68)69/h9-12,15-28,33,49,52-55H,13-14,29-32,34-35H2,1-8H3/p+2/b27-22+,28-23+/t49-,52+,53+,54-,55-/m1/s1. The zero-order chi connectivity index (χ0) is 56.7. The van der Waals surface area contributed by atoms with E-state index in [1.54, 1.807) is 24.3 Å². The molecule has 416 valence electrons. The Morgan fingerprint density at radius 3 is 1.63 bits per heavy atom. The molecule has 0 unspecified atom stereocenters. The van der Waals surface area contributed by atoms with Gasteiger partial charge >= 0.3 is 23.9 Å². The van der Waals surface area contributed by atoms with Gasteiger partial charge in [-0.25, -0.2) is 0 Å². The second-order valence-corrected chi connectivity index (χ2v) is 23.4. The molecule has 21 heteroatoms. The molecule has 78 heavy (non-hydrogen) atoms. The number of carbonyl (C=O) groups is 4. The van der Waals surface area contributed by atoms with Crippen molar-refractivity contribution >= 4 is 79.1 Å². The van der Waals surface area contributed by atoms with Crippen LogP contribution in [0.15, 0.2) is 103 Å². The molecule has 1 saturated heterocycles. The predicted octanol–water partition coefficient (Wildman–Crippen LogP) is 7.46. The summed E-state index contributed by atoms with van der Waals surface area (Å²) in [5.41, 5.74) is 7.05. The lowest BCUT2D eigenvalue weighted by molar-refractivity contribution is -0.437. The summed E-state index contributed by atoms with van der Waals surface area (Å²) >= 11 is 0. The zero-order valence-electron chi connectivity index (χ0n) is 44.7. The van der Waals surface area contributed by atoms with Crippen molar-refractivity contribution in [2.45, 2.75) is 116 Å². The van der Waals surface area contributed by atoms with Crippen LogP contribution in [0.4, 0.5) is 11.4 Å². The average Bonchev–Trinajstić information content (AvgIpc) is 3.88. The van der Waals surface area contributed by atoms with Crippen LogP contribution in [0.3, 0.4) is 0 Å². The first-order chi connectivity index (χ1) is 36.7. The number of fused-ring (bicyclic) bond motifs is 2. The molecule has 1 fully saturated rings. The van der Waals surface area contributed by atoms with Gasteiger partial charge in [-0.3, -0.25) is 28.3 Å². The smallest absolute Gasteiger partial charge is 0.303 e. The van der Waals surface area contributed by atoms with Gasteiger partial charge in [-0.2, -0.15) is 26.0 Å². The first kappa shape index (κ1) is 58.6. The number of ether oxygens (including phenoxy) is 7. The molecule has 19 nitrogen and oxygen atoms in total. The van der Waals surface area contributed by atoms with Crippen LogP contribution in [0.5, 0.6) is 11.5 Å². The second-order valence-electron chi connectivity index (χ2n) is 20.2. The Bertz CT molecular complexity index is 3290. The maximum Gasteiger partial charge on any atom is 0.303 e. The van der Waals surface area contributed by atoms with Crippen molar-refractivity contribution in [1.82, 2.24) is 0 Å². The molecule has 0 aliphatic carbocycles. The number of para-hydroxylation sites is 2. The van der Waals surface area contributed by atoms with Crippen molar-refractivity contribution in [3.63, 3.8) is 0 Å². The monoisotopic (exact) mass is 1110 g/mol. The number of rotatable bonds is 22. The SMILES string of the molecule is CC(=O)OC[C@H]1O[C@@H](Oc2ccc(COc3ccc(/C=C/C4=[N+](CCCS(=O)(=O)O)c5ccccc5C4(C)C)cc3/C=C/C3=[N+](CCCS(=O)(=O)O)c4ccccc4C3(C)C)cc2)[C@H](OC(C)=O)[C@@H](OC(C)=O)[C@H]1OC(C)=O. The van der Waals surface area contributed by atoms with Crippen molar-refractivity contribution in [1.29, 1.82) is 0 Å². The summed E-state index contributed by atoms with van der Waals surface area (Å²) in [6.07, 6.45) is 1.46. The third kappa shape index (κ3) is 14.5. The summed E-state index contributed by atoms with van der Waals surface area (Å²) in [5.74, 6) is -3.01. The number of hydrogen-bond acceptors (Lipinski definition) is 15. The fourth-order valence-corrected chi connectivity index (χ4v) is 11.1. The molecule has 5 atom stereocenters. The molecule has 3 heterocycles. The van der Waals surface area contributed by atoms with E-state index in [-0.39, 0.29) is 31.0 Å². The maximum absolute atomic E-state index is 12.4. The van der Waals surface area contributed by atoms with E-state index in [9.17, 15) is 45.1 Å². The van der Waals surface area contributed by atoms with Crippen LogP contribution in [0, 0.1) is 0 Å². The summed E-state index contributed by atoms with van der Waals surface area (Å²) in [6, 6.07) is 28.3. The van der Waals surface area contributed by atoms with Gasteiger partial charge in [0.05, 0.1) is 22.3 Å². The second kappa shape index (κ2) is 24.3. The molecule has 0 saturated carbocycles. The maximum atomic E-state index is 12.4. The van der Waals surface area contributed by atoms with Crippen LogP contribution in [-0.4, -0.2) is 132 Å². The number of hydrogen-bond donors (Lipinski definition) is 2. The van der Waals surface area contributed by atoms with Crippen molar-refractivity contribution < 1.29 is 87.4 Å². The topological polar surface area (TPSA) is 248 Å². The molecule has 0 radical (unpaired) electrons. The molecule has 4 aromatic rings. The van der Waals surface area contributed by atoms with Gasteiger partial charge in [-0.05, 0) is 75.2 Å². The minimum atomic E-state index is -4.20. The van der Waals surface area contributed by atoms with Crippen LogP contribution in [0.2, 0.25) is 0 Å². The fraction of sp³-hybridized carbons (Fsp3) is 0.404. The largest absolute Gasteiger partial charge is 0.488 e. The van der Waals surface area contributed by atoms with Gasteiger partial charge in [-0.1, -0.05) is 54.6 Å². The zero-order valence-corrected chi connectivity index (χ0v) is 46.4. The number of allylic oxidation sites excluding steroid dienone is 2. The molecule has 3 aliphatic rings. The van der Waals surface area contributed by atoms with E-state index in [1.165, 1.54) is 6.92 Å². The van der Waals surface area contributed by atoms with Gasteiger partial charge < -0.3 is 33.2 Å². The number of carbonyl (C=O) groups excluding carboxylic acids is 4. The lowest BCUT2D eigenvalue weighted by Crippen LogP contribution is -2.63. The molecular formula is C57H66N2O17S2+2. The highest BCUT2D eigenvalue weighted by Crippen LogP contribution is 2.42. The Kier molecular flexibility index (Phi) is 18.3. The van der Waals surface area contributed by atoms with Crippen LogP contribution < -0.4 is 9.47 Å². The number of benzene rings is 4. The Morgan fingerprint density at radius 1 is 0.615 bits per heavy atom. The Balaban J connectivity index is 1.21. The number of nitrogens with zero attached hydrogens (tertiary/aromatic N) is 2. The van der Waals surface area contributed by atoms with Crippen LogP contribution >= 0.6 is 0 Å². The highest BCUT2D eigenvalue weighted by atomic mass is 32.2. The van der Waals surface area contributed by atoms with E-state index in [0.29, 0.717) is 30.0 Å². The summed E-state index contributed by atoms with van der Waals surface area (Å²) in [5, 5.41) is 0. The first-order valence-corrected chi connectivity index (χ1v) is 28.5. The fourth-order valence-electron chi connectivity index (χ4n) is 10.1. The van der Waals surface area contributed by atoms with Crippen molar-refractivity contribution in [3.8, 4) is 11.5 Å². The van der Waals surface area contributed by atoms with Crippen LogP contribution in [-0.2, 0) is 80.5 Å². The lowest BCUT2D eigenvalue weighted by Gasteiger charge is -2.43. The van der Waals surface area contributed by atoms with Gasteiger partial charge in [-0.15, -0.1) is 0 Å². The van der Waals surface area contributed by atoms with E-state index in [4.69, 9.17) is 33.2 Å². The van der Waals surface area contributed by atoms with Gasteiger partial charge in [0.1, 0.15) is 43.9 Å². The van der Waals surface area contributed by atoms with E-state index in [0.717, 1.165) is 60.3 Å². The molecular weight excluding hydrogens is 1050 g/mol.